The highest BCUT2D eigenvalue weighted by Gasteiger charge is 2.35. The number of hydrogen-bond acceptors (Lipinski definition) is 4. The predicted octanol–water partition coefficient (Wildman–Crippen LogP) is 2.94. The Labute approximate surface area is 139 Å². The molecular weight excluding hydrogens is 290 g/mol. The summed E-state index contributed by atoms with van der Waals surface area (Å²) in [5, 5.41) is 3.12. The maximum Gasteiger partial charge on any atom is 0.222 e. The van der Waals surface area contributed by atoms with E-state index in [-0.39, 0.29) is 22.8 Å². The van der Waals surface area contributed by atoms with E-state index in [2.05, 4.69) is 44.9 Å². The molecule has 1 N–H and O–H groups in total. The number of nitrogens with zero attached hydrogens (tertiary/aromatic N) is 2. The van der Waals surface area contributed by atoms with Crippen LogP contribution >= 0.6 is 0 Å². The number of aromatic nitrogens is 2. The molecule has 0 fully saturated rings. The third kappa shape index (κ3) is 4.50. The monoisotopic (exact) mass is 319 g/mol. The molecule has 0 radical (unpaired) electrons. The maximum absolute atomic E-state index is 12.1. The van der Waals surface area contributed by atoms with Gasteiger partial charge in [-0.05, 0) is 18.3 Å². The highest BCUT2D eigenvalue weighted by molar-refractivity contribution is 5.76. The summed E-state index contributed by atoms with van der Waals surface area (Å²) in [6.07, 6.45) is 4.10. The van der Waals surface area contributed by atoms with E-state index in [4.69, 9.17) is 9.72 Å². The minimum absolute atomic E-state index is 0.0143. The third-order valence-electron chi connectivity index (χ3n) is 4.22. The number of methoxy groups -OCH3 is 1. The van der Waals surface area contributed by atoms with E-state index in [0.717, 1.165) is 29.9 Å². The van der Waals surface area contributed by atoms with Gasteiger partial charge in [0.1, 0.15) is 5.82 Å². The number of carbonyl (C=O) groups excluding carboxylic acids is 1. The Hall–Kier alpha value is -1.49. The van der Waals surface area contributed by atoms with Crippen LogP contribution in [0.15, 0.2) is 6.20 Å². The van der Waals surface area contributed by atoms with Gasteiger partial charge in [-0.25, -0.2) is 9.97 Å². The smallest absolute Gasteiger partial charge is 0.222 e. The first-order valence-corrected chi connectivity index (χ1v) is 8.27. The Morgan fingerprint density at radius 2 is 2.13 bits per heavy atom. The predicted molar refractivity (Wildman–Crippen MR) is 90.2 cm³/mol. The summed E-state index contributed by atoms with van der Waals surface area (Å²) in [6.45, 7) is 11.2. The maximum atomic E-state index is 12.1. The number of ether oxygens (including phenoxy) is 1. The Morgan fingerprint density at radius 3 is 2.74 bits per heavy atom. The molecule has 1 atom stereocenters. The van der Waals surface area contributed by atoms with E-state index in [1.165, 1.54) is 0 Å². The summed E-state index contributed by atoms with van der Waals surface area (Å²) in [6, 6.07) is -0.0212. The molecule has 23 heavy (non-hydrogen) atoms. The van der Waals surface area contributed by atoms with Crippen molar-refractivity contribution in [3.8, 4) is 0 Å². The van der Waals surface area contributed by atoms with E-state index >= 15 is 0 Å². The van der Waals surface area contributed by atoms with Crippen LogP contribution in [0.25, 0.3) is 0 Å². The van der Waals surface area contributed by atoms with Crippen molar-refractivity contribution in [3.05, 3.63) is 23.3 Å². The van der Waals surface area contributed by atoms with Crippen molar-refractivity contribution in [2.75, 3.05) is 13.7 Å². The van der Waals surface area contributed by atoms with E-state index in [1.807, 2.05) is 6.20 Å². The van der Waals surface area contributed by atoms with Gasteiger partial charge in [0.15, 0.2) is 0 Å². The molecule has 5 heteroatoms. The Morgan fingerprint density at radius 1 is 1.43 bits per heavy atom. The summed E-state index contributed by atoms with van der Waals surface area (Å²) in [4.78, 5) is 21.4. The van der Waals surface area contributed by atoms with Crippen LogP contribution in [-0.2, 0) is 21.4 Å². The fraction of sp³-hybridized carbons (Fsp3) is 0.722. The van der Waals surface area contributed by atoms with E-state index in [0.29, 0.717) is 13.0 Å². The first-order valence-electron chi connectivity index (χ1n) is 8.27. The molecule has 1 aromatic heterocycles. The molecular formula is C18H29N3O2. The molecule has 1 aromatic rings. The lowest BCUT2D eigenvalue weighted by Gasteiger charge is -2.37. The van der Waals surface area contributed by atoms with Crippen molar-refractivity contribution >= 4 is 5.91 Å². The summed E-state index contributed by atoms with van der Waals surface area (Å²) in [5.74, 6) is 0.874. The number of amides is 1. The van der Waals surface area contributed by atoms with Gasteiger partial charge in [-0.2, -0.15) is 0 Å². The quantitative estimate of drug-likeness (QED) is 0.927. The average Bonchev–Trinajstić information content (AvgIpc) is 2.42. The van der Waals surface area contributed by atoms with Gasteiger partial charge in [-0.15, -0.1) is 0 Å². The van der Waals surface area contributed by atoms with Crippen molar-refractivity contribution in [1.82, 2.24) is 15.3 Å². The largest absolute Gasteiger partial charge is 0.384 e. The van der Waals surface area contributed by atoms with Crippen LogP contribution < -0.4 is 5.32 Å². The summed E-state index contributed by atoms with van der Waals surface area (Å²) in [7, 11) is 1.61. The SMILES string of the molecule is COCCC(=O)NC1CC(C)(C)Cc2nc(C(C)(C)C)ncc21. The second-order valence-electron chi connectivity index (χ2n) is 8.25. The lowest BCUT2D eigenvalue weighted by Crippen LogP contribution is -2.38. The number of rotatable bonds is 4. The molecule has 128 valence electrons. The van der Waals surface area contributed by atoms with E-state index in [9.17, 15) is 4.79 Å². The van der Waals surface area contributed by atoms with Gasteiger partial charge in [0.2, 0.25) is 5.91 Å². The van der Waals surface area contributed by atoms with Crippen molar-refractivity contribution in [1.29, 1.82) is 0 Å². The number of fused-ring (bicyclic) bond motifs is 1. The van der Waals surface area contributed by atoms with Crippen LogP contribution in [0.5, 0.6) is 0 Å². The molecule has 5 nitrogen and oxygen atoms in total. The molecule has 0 saturated heterocycles. The molecule has 0 aliphatic heterocycles. The Bertz CT molecular complexity index is 576. The summed E-state index contributed by atoms with van der Waals surface area (Å²) in [5.41, 5.74) is 2.16. The highest BCUT2D eigenvalue weighted by Crippen LogP contribution is 2.40. The molecule has 2 rings (SSSR count). The lowest BCUT2D eigenvalue weighted by molar-refractivity contribution is -0.123. The molecule has 1 amide bonds. The minimum atomic E-state index is -0.0756. The van der Waals surface area contributed by atoms with Crippen LogP contribution in [0.3, 0.4) is 0 Å². The summed E-state index contributed by atoms with van der Waals surface area (Å²) >= 11 is 0. The standard InChI is InChI=1S/C18H29N3O2/c1-17(2,3)16-19-11-12-13(20-15(22)7-8-23-6)9-18(4,5)10-14(12)21-16/h11,13H,7-10H2,1-6H3,(H,20,22). The zero-order chi connectivity index (χ0) is 17.3. The molecule has 0 aromatic carbocycles. The van der Waals surface area contributed by atoms with Crippen LogP contribution in [0.4, 0.5) is 0 Å². The Balaban J connectivity index is 2.28. The zero-order valence-electron chi connectivity index (χ0n) is 15.2. The van der Waals surface area contributed by atoms with Gasteiger partial charge in [-0.1, -0.05) is 34.6 Å². The Kier molecular flexibility index (Phi) is 5.09. The van der Waals surface area contributed by atoms with Crippen LogP contribution in [0.1, 0.15) is 70.6 Å². The van der Waals surface area contributed by atoms with Gasteiger partial charge >= 0.3 is 0 Å². The van der Waals surface area contributed by atoms with Crippen molar-refractivity contribution < 1.29 is 9.53 Å². The number of hydrogen-bond donors (Lipinski definition) is 1. The molecule has 1 heterocycles. The zero-order valence-corrected chi connectivity index (χ0v) is 15.2. The van der Waals surface area contributed by atoms with Crippen molar-refractivity contribution in [2.45, 2.75) is 65.3 Å². The van der Waals surface area contributed by atoms with E-state index < -0.39 is 0 Å². The average molecular weight is 319 g/mol. The molecule has 1 unspecified atom stereocenters. The van der Waals surface area contributed by atoms with Crippen LogP contribution in [0, 0.1) is 5.41 Å². The normalized spacial score (nSPS) is 20.0. The van der Waals surface area contributed by atoms with Crippen molar-refractivity contribution in [2.24, 2.45) is 5.41 Å². The van der Waals surface area contributed by atoms with Crippen LogP contribution in [0.2, 0.25) is 0 Å². The second kappa shape index (κ2) is 6.56. The van der Waals surface area contributed by atoms with Gasteiger partial charge in [0.05, 0.1) is 12.6 Å². The molecule has 1 aliphatic rings. The number of nitrogens with one attached hydrogen (secondary N) is 1. The number of carbonyl (C=O) groups is 1. The summed E-state index contributed by atoms with van der Waals surface area (Å²) < 4.78 is 4.98. The van der Waals surface area contributed by atoms with Gasteiger partial charge in [0, 0.05) is 36.4 Å². The van der Waals surface area contributed by atoms with Gasteiger partial charge in [-0.3, -0.25) is 4.79 Å². The fourth-order valence-electron chi connectivity index (χ4n) is 3.00. The van der Waals surface area contributed by atoms with Gasteiger partial charge < -0.3 is 10.1 Å². The van der Waals surface area contributed by atoms with Crippen LogP contribution in [-0.4, -0.2) is 29.6 Å². The molecule has 0 saturated carbocycles. The third-order valence-corrected chi connectivity index (χ3v) is 4.22. The fourth-order valence-corrected chi connectivity index (χ4v) is 3.00. The molecule has 0 bridgehead atoms. The lowest BCUT2D eigenvalue weighted by atomic mass is 9.74. The highest BCUT2D eigenvalue weighted by atomic mass is 16.5. The topological polar surface area (TPSA) is 64.1 Å². The van der Waals surface area contributed by atoms with E-state index in [1.54, 1.807) is 7.11 Å². The van der Waals surface area contributed by atoms with Gasteiger partial charge in [0.25, 0.3) is 0 Å². The van der Waals surface area contributed by atoms with Crippen molar-refractivity contribution in [3.63, 3.8) is 0 Å². The minimum Gasteiger partial charge on any atom is -0.384 e. The second-order valence-corrected chi connectivity index (χ2v) is 8.25. The molecule has 0 spiro atoms. The first kappa shape index (κ1) is 17.9. The molecule has 1 aliphatic carbocycles. The first-order chi connectivity index (χ1) is 10.6.